The number of sulfonamides is 1. The van der Waals surface area contributed by atoms with Gasteiger partial charge in [-0.1, -0.05) is 47.7 Å². The van der Waals surface area contributed by atoms with Crippen LogP contribution < -0.4 is 9.62 Å². The number of esters is 1. The molecule has 0 spiro atoms. The first-order valence-electron chi connectivity index (χ1n) is 8.66. The smallest absolute Gasteiger partial charge is 0.316 e. The lowest BCUT2D eigenvalue weighted by molar-refractivity contribution is -0.137. The van der Waals surface area contributed by atoms with Gasteiger partial charge in [-0.25, -0.2) is 8.42 Å². The van der Waals surface area contributed by atoms with Gasteiger partial charge in [-0.2, -0.15) is 0 Å². The standard InChI is InChI=1S/C17H21ClN4O5S3/c1-5-12(22(30(4,25)26)13-8-11(18)7-6-10(13)2)15(24)19-16-20-21-17(29-16)28-9-14(23)27-3/h6-8,12H,5,9H2,1-4H3,(H,19,20,24)/t12-/m1/s1. The monoisotopic (exact) mass is 492 g/mol. The SMILES string of the molecule is CC[C@H](C(=O)Nc1nnc(SCC(=O)OC)s1)N(c1cc(Cl)ccc1C)S(C)(=O)=O. The van der Waals surface area contributed by atoms with Gasteiger partial charge >= 0.3 is 5.97 Å². The summed E-state index contributed by atoms with van der Waals surface area (Å²) >= 11 is 8.26. The lowest BCUT2D eigenvalue weighted by Crippen LogP contribution is -2.47. The first kappa shape index (κ1) is 24.4. The Morgan fingerprint density at radius 2 is 2.07 bits per heavy atom. The fraction of sp³-hybridized carbons (Fsp3) is 0.412. The fourth-order valence-corrected chi connectivity index (χ4v) is 5.56. The van der Waals surface area contributed by atoms with Gasteiger partial charge in [0.05, 0.1) is 24.8 Å². The van der Waals surface area contributed by atoms with Crippen molar-refractivity contribution >= 4 is 67.4 Å². The van der Waals surface area contributed by atoms with Gasteiger partial charge in [-0.05, 0) is 31.0 Å². The summed E-state index contributed by atoms with van der Waals surface area (Å²) in [6.07, 6.45) is 1.25. The van der Waals surface area contributed by atoms with E-state index in [1.807, 2.05) is 0 Å². The molecule has 1 aromatic heterocycles. The van der Waals surface area contributed by atoms with Crippen LogP contribution in [0.25, 0.3) is 0 Å². The van der Waals surface area contributed by atoms with Crippen LogP contribution in [0.3, 0.4) is 0 Å². The highest BCUT2D eigenvalue weighted by Gasteiger charge is 2.33. The predicted molar refractivity (Wildman–Crippen MR) is 119 cm³/mol. The molecule has 0 aliphatic carbocycles. The Hall–Kier alpha value is -1.89. The first-order valence-corrected chi connectivity index (χ1v) is 12.7. The largest absolute Gasteiger partial charge is 0.468 e. The second kappa shape index (κ2) is 10.4. The first-order chi connectivity index (χ1) is 14.1. The Morgan fingerprint density at radius 3 is 2.67 bits per heavy atom. The third-order valence-electron chi connectivity index (χ3n) is 3.92. The molecule has 0 fully saturated rings. The summed E-state index contributed by atoms with van der Waals surface area (Å²) in [6.45, 7) is 3.45. The summed E-state index contributed by atoms with van der Waals surface area (Å²) in [5, 5.41) is 10.9. The van der Waals surface area contributed by atoms with E-state index >= 15 is 0 Å². The molecule has 1 amide bonds. The minimum atomic E-state index is -3.80. The molecule has 9 nitrogen and oxygen atoms in total. The highest BCUT2D eigenvalue weighted by molar-refractivity contribution is 8.01. The molecule has 1 heterocycles. The zero-order valence-electron chi connectivity index (χ0n) is 16.7. The maximum atomic E-state index is 12.9. The molecule has 30 heavy (non-hydrogen) atoms. The van der Waals surface area contributed by atoms with Gasteiger partial charge in [0.1, 0.15) is 6.04 Å². The van der Waals surface area contributed by atoms with Crippen LogP contribution in [0.5, 0.6) is 0 Å². The van der Waals surface area contributed by atoms with E-state index in [9.17, 15) is 18.0 Å². The molecule has 0 aliphatic rings. The highest BCUT2D eigenvalue weighted by Crippen LogP contribution is 2.30. The third-order valence-corrected chi connectivity index (χ3v) is 7.26. The van der Waals surface area contributed by atoms with Crippen LogP contribution in [-0.4, -0.2) is 55.7 Å². The van der Waals surface area contributed by atoms with Gasteiger partial charge in [-0.3, -0.25) is 19.2 Å². The minimum Gasteiger partial charge on any atom is -0.468 e. The number of thioether (sulfide) groups is 1. The second-order valence-electron chi connectivity index (χ2n) is 6.14. The maximum Gasteiger partial charge on any atom is 0.316 e. The number of halogens is 1. The lowest BCUT2D eigenvalue weighted by atomic mass is 10.1. The van der Waals surface area contributed by atoms with Gasteiger partial charge in [0.15, 0.2) is 4.34 Å². The zero-order valence-corrected chi connectivity index (χ0v) is 19.9. The van der Waals surface area contributed by atoms with Crippen LogP contribution in [0, 0.1) is 6.92 Å². The van der Waals surface area contributed by atoms with Crippen molar-refractivity contribution < 1.29 is 22.7 Å². The number of hydrogen-bond donors (Lipinski definition) is 1. The summed E-state index contributed by atoms with van der Waals surface area (Å²) in [7, 11) is -2.51. The van der Waals surface area contributed by atoms with E-state index in [1.54, 1.807) is 26.0 Å². The number of carbonyl (C=O) groups is 2. The van der Waals surface area contributed by atoms with Crippen molar-refractivity contribution in [2.24, 2.45) is 0 Å². The summed E-state index contributed by atoms with van der Waals surface area (Å²) in [4.78, 5) is 24.2. The normalized spacial score (nSPS) is 12.3. The molecule has 2 rings (SSSR count). The van der Waals surface area contributed by atoms with Crippen LogP contribution >= 0.6 is 34.7 Å². The van der Waals surface area contributed by atoms with Gasteiger partial charge < -0.3 is 4.74 Å². The van der Waals surface area contributed by atoms with Crippen molar-refractivity contribution in [3.05, 3.63) is 28.8 Å². The molecule has 13 heteroatoms. The quantitative estimate of drug-likeness (QED) is 0.322. The molecule has 0 radical (unpaired) electrons. The van der Waals surface area contributed by atoms with Crippen LogP contribution in [0.1, 0.15) is 18.9 Å². The molecule has 1 atom stereocenters. The fourth-order valence-electron chi connectivity index (χ4n) is 2.54. The number of ether oxygens (including phenoxy) is 1. The molecule has 0 unspecified atom stereocenters. The highest BCUT2D eigenvalue weighted by atomic mass is 35.5. The molecule has 0 aliphatic heterocycles. The Labute approximate surface area is 188 Å². The number of methoxy groups -OCH3 is 1. The molecule has 0 saturated heterocycles. The summed E-state index contributed by atoms with van der Waals surface area (Å²) in [5.74, 6) is -0.900. The predicted octanol–water partition coefficient (Wildman–Crippen LogP) is 2.95. The topological polar surface area (TPSA) is 119 Å². The number of hydrogen-bond acceptors (Lipinski definition) is 9. The Bertz CT molecular complexity index is 1030. The van der Waals surface area contributed by atoms with E-state index in [1.165, 1.54) is 13.2 Å². The molecule has 0 bridgehead atoms. The second-order valence-corrected chi connectivity index (χ2v) is 10.6. The summed E-state index contributed by atoms with van der Waals surface area (Å²) < 4.78 is 31.2. The van der Waals surface area contributed by atoms with Crippen molar-refractivity contribution in [1.29, 1.82) is 0 Å². The summed E-state index contributed by atoms with van der Waals surface area (Å²) in [6, 6.07) is 3.83. The number of benzene rings is 1. The number of nitrogens with zero attached hydrogens (tertiary/aromatic N) is 3. The average molecular weight is 493 g/mol. The van der Waals surface area contributed by atoms with Crippen LogP contribution in [-0.2, 0) is 24.3 Å². The molecule has 1 aromatic carbocycles. The summed E-state index contributed by atoms with van der Waals surface area (Å²) in [5.41, 5.74) is 0.993. The van der Waals surface area contributed by atoms with Crippen molar-refractivity contribution in [2.45, 2.75) is 30.6 Å². The van der Waals surface area contributed by atoms with Crippen molar-refractivity contribution in [3.63, 3.8) is 0 Å². The lowest BCUT2D eigenvalue weighted by Gasteiger charge is -2.31. The van der Waals surface area contributed by atoms with E-state index in [4.69, 9.17) is 11.6 Å². The molecular weight excluding hydrogens is 472 g/mol. The number of nitrogens with one attached hydrogen (secondary N) is 1. The van der Waals surface area contributed by atoms with Gasteiger partial charge in [0.2, 0.25) is 21.1 Å². The number of aryl methyl sites for hydroxylation is 1. The van der Waals surface area contributed by atoms with Crippen molar-refractivity contribution in [1.82, 2.24) is 10.2 Å². The molecule has 1 N–H and O–H groups in total. The number of anilines is 2. The van der Waals surface area contributed by atoms with Gasteiger partial charge in [0.25, 0.3) is 0 Å². The van der Waals surface area contributed by atoms with Crippen LogP contribution in [0.15, 0.2) is 22.5 Å². The van der Waals surface area contributed by atoms with E-state index < -0.39 is 27.9 Å². The zero-order chi connectivity index (χ0) is 22.5. The molecular formula is C17H21ClN4O5S3. The number of aromatic nitrogens is 2. The van der Waals surface area contributed by atoms with E-state index in [0.29, 0.717) is 20.6 Å². The Kier molecular flexibility index (Phi) is 8.47. The van der Waals surface area contributed by atoms with E-state index in [0.717, 1.165) is 33.7 Å². The van der Waals surface area contributed by atoms with E-state index in [-0.39, 0.29) is 17.3 Å². The molecule has 164 valence electrons. The third kappa shape index (κ3) is 6.30. The van der Waals surface area contributed by atoms with Crippen molar-refractivity contribution in [2.75, 3.05) is 28.7 Å². The number of rotatable bonds is 9. The number of carbonyl (C=O) groups excluding carboxylic acids is 2. The van der Waals surface area contributed by atoms with Crippen LogP contribution in [0.4, 0.5) is 10.8 Å². The van der Waals surface area contributed by atoms with E-state index in [2.05, 4.69) is 20.3 Å². The number of amides is 1. The Morgan fingerprint density at radius 1 is 1.37 bits per heavy atom. The van der Waals surface area contributed by atoms with Gasteiger partial charge in [0, 0.05) is 5.02 Å². The molecule has 0 saturated carbocycles. The molecule has 2 aromatic rings. The van der Waals surface area contributed by atoms with Crippen LogP contribution in [0.2, 0.25) is 5.02 Å². The van der Waals surface area contributed by atoms with Gasteiger partial charge in [-0.15, -0.1) is 10.2 Å². The Balaban J connectivity index is 2.26. The maximum absolute atomic E-state index is 12.9. The average Bonchev–Trinajstić information content (AvgIpc) is 3.12. The van der Waals surface area contributed by atoms with Crippen molar-refractivity contribution in [3.8, 4) is 0 Å². The minimum absolute atomic E-state index is 0.0621.